The van der Waals surface area contributed by atoms with Crippen molar-refractivity contribution in [1.29, 1.82) is 0 Å². The number of aromatic nitrogens is 2. The van der Waals surface area contributed by atoms with Crippen molar-refractivity contribution in [2.75, 3.05) is 4.90 Å². The molecule has 0 radical (unpaired) electrons. The van der Waals surface area contributed by atoms with Crippen molar-refractivity contribution in [3.05, 3.63) is 149 Å². The molecule has 6 aromatic rings. The molecule has 0 N–H and O–H groups in total. The van der Waals surface area contributed by atoms with Crippen LogP contribution in [-0.2, 0) is 6.42 Å². The largest absolute Gasteiger partial charge is 0.311 e. The van der Waals surface area contributed by atoms with Crippen molar-refractivity contribution < 1.29 is 0 Å². The van der Waals surface area contributed by atoms with Gasteiger partial charge in [0.15, 0.2) is 0 Å². The number of hydrogen-bond acceptors (Lipinski definition) is 3. The van der Waals surface area contributed by atoms with Crippen molar-refractivity contribution in [2.24, 2.45) is 0 Å². The minimum Gasteiger partial charge on any atom is -0.311 e. The molecule has 11 rings (SSSR count). The molecule has 202 valence electrons. The quantitative estimate of drug-likeness (QED) is 0.201. The second-order valence-electron chi connectivity index (χ2n) is 12.5. The summed E-state index contributed by atoms with van der Waals surface area (Å²) in [6, 6.07) is 29.3. The number of hydrogen-bond donors (Lipinski definition) is 0. The summed E-state index contributed by atoms with van der Waals surface area (Å²) >= 11 is 0. The number of rotatable bonds is 1. The second kappa shape index (κ2) is 8.12. The molecule has 0 bridgehead atoms. The number of benzene rings is 4. The van der Waals surface area contributed by atoms with Crippen LogP contribution in [0.2, 0.25) is 0 Å². The Morgan fingerprint density at radius 3 is 2.64 bits per heavy atom. The van der Waals surface area contributed by atoms with Gasteiger partial charge in [0, 0.05) is 35.4 Å². The van der Waals surface area contributed by atoms with Crippen LogP contribution in [0.25, 0.3) is 39.0 Å². The predicted octanol–water partition coefficient (Wildman–Crippen LogP) is 7.15. The Bertz CT molecular complexity index is 2450. The fraction of sp³-hybridized carbons (Fsp3) is 0.0500. The van der Waals surface area contributed by atoms with Gasteiger partial charge in [-0.05, 0) is 115 Å². The highest BCUT2D eigenvalue weighted by atomic mass is 15.2. The van der Waals surface area contributed by atoms with Crippen LogP contribution in [0.15, 0.2) is 133 Å². The predicted molar refractivity (Wildman–Crippen MR) is 183 cm³/mol. The van der Waals surface area contributed by atoms with Crippen molar-refractivity contribution in [3.63, 3.8) is 0 Å². The van der Waals surface area contributed by atoms with Gasteiger partial charge in [-0.15, -0.1) is 0 Å². The summed E-state index contributed by atoms with van der Waals surface area (Å²) in [4.78, 5) is 12.3. The lowest BCUT2D eigenvalue weighted by Gasteiger charge is -2.38. The van der Waals surface area contributed by atoms with E-state index in [0.29, 0.717) is 5.92 Å². The molecule has 2 aromatic heterocycles. The third kappa shape index (κ3) is 2.79. The van der Waals surface area contributed by atoms with Crippen LogP contribution in [0.1, 0.15) is 22.6 Å². The molecular formula is C40H24BN3. The first kappa shape index (κ1) is 23.0. The van der Waals surface area contributed by atoms with Gasteiger partial charge in [-0.1, -0.05) is 72.9 Å². The summed E-state index contributed by atoms with van der Waals surface area (Å²) < 4.78 is 0. The Kier molecular flexibility index (Phi) is 4.25. The van der Waals surface area contributed by atoms with Crippen LogP contribution < -0.4 is 21.3 Å². The smallest absolute Gasteiger partial charge is 0.252 e. The Morgan fingerprint density at radius 2 is 1.64 bits per heavy atom. The second-order valence-corrected chi connectivity index (χ2v) is 12.5. The van der Waals surface area contributed by atoms with Gasteiger partial charge in [0.25, 0.3) is 6.71 Å². The first-order chi connectivity index (χ1) is 21.8. The molecule has 4 aromatic carbocycles. The van der Waals surface area contributed by atoms with Crippen LogP contribution >= 0.6 is 0 Å². The number of anilines is 3. The molecular weight excluding hydrogens is 533 g/mol. The standard InChI is InChI=1S/C40H24BN3/c1-5-23-11-13-26-21-28(22-27-14-12-24(6-1)35(23)36(26)27)44-33-10-2-8-29-30-16-15-25-7-3-20-43-40(25)39(30)41(37(29)33)38-31-9-4-19-42-32(31)17-18-34(38)44/h1-13,15-22,35H,14H2. The van der Waals surface area contributed by atoms with E-state index in [1.165, 1.54) is 83.2 Å². The third-order valence-electron chi connectivity index (χ3n) is 10.4. The molecule has 4 heterocycles. The van der Waals surface area contributed by atoms with Crippen LogP contribution in [0.4, 0.5) is 17.1 Å². The van der Waals surface area contributed by atoms with E-state index in [1.54, 1.807) is 0 Å². The minimum atomic E-state index is 0.0806. The number of fused-ring (bicyclic) bond motifs is 9. The summed E-state index contributed by atoms with van der Waals surface area (Å²) in [7, 11) is 0. The number of allylic oxidation sites excluding steroid dienone is 7. The maximum Gasteiger partial charge on any atom is 0.252 e. The number of pyridine rings is 2. The van der Waals surface area contributed by atoms with Gasteiger partial charge in [0.1, 0.15) is 0 Å². The molecule has 3 nitrogen and oxygen atoms in total. The molecule has 2 aliphatic heterocycles. The monoisotopic (exact) mass is 557 g/mol. The Labute approximate surface area is 255 Å². The van der Waals surface area contributed by atoms with Crippen LogP contribution in [0, 0.1) is 0 Å². The first-order valence-corrected chi connectivity index (χ1v) is 15.5. The van der Waals surface area contributed by atoms with E-state index in [4.69, 9.17) is 9.97 Å². The lowest BCUT2D eigenvalue weighted by Crippen LogP contribution is -2.55. The fourth-order valence-corrected chi connectivity index (χ4v) is 8.73. The SMILES string of the molecule is C1=CC2=CCc3cc(N4c5cccc6c5B(c5c4ccc4ncccc54)c4c-6ccc5cccnc45)cc4c3C2C(=C1)C=C4. The first-order valence-electron chi connectivity index (χ1n) is 15.5. The zero-order valence-corrected chi connectivity index (χ0v) is 23.8. The van der Waals surface area contributed by atoms with Crippen molar-refractivity contribution in [1.82, 2.24) is 9.97 Å². The zero-order valence-electron chi connectivity index (χ0n) is 23.8. The fourth-order valence-electron chi connectivity index (χ4n) is 8.73. The topological polar surface area (TPSA) is 29.0 Å². The van der Waals surface area contributed by atoms with Crippen LogP contribution in [0.5, 0.6) is 0 Å². The molecule has 0 spiro atoms. The van der Waals surface area contributed by atoms with Gasteiger partial charge in [0.2, 0.25) is 0 Å². The molecule has 44 heavy (non-hydrogen) atoms. The van der Waals surface area contributed by atoms with Crippen molar-refractivity contribution >= 4 is 68.0 Å². The van der Waals surface area contributed by atoms with E-state index in [2.05, 4.69) is 114 Å². The average molecular weight is 557 g/mol. The van der Waals surface area contributed by atoms with Crippen LogP contribution in [-0.4, -0.2) is 16.7 Å². The summed E-state index contributed by atoms with van der Waals surface area (Å²) in [5, 5.41) is 2.39. The molecule has 5 aliphatic rings. The van der Waals surface area contributed by atoms with Gasteiger partial charge in [0.05, 0.1) is 11.0 Å². The summed E-state index contributed by atoms with van der Waals surface area (Å²) in [5.74, 6) is 0.349. The molecule has 0 fully saturated rings. The van der Waals surface area contributed by atoms with Crippen LogP contribution in [0.3, 0.4) is 0 Å². The minimum absolute atomic E-state index is 0.0806. The average Bonchev–Trinajstić information content (AvgIpc) is 3.43. The summed E-state index contributed by atoms with van der Waals surface area (Å²) in [6.07, 6.45) is 18.6. The van der Waals surface area contributed by atoms with E-state index in [-0.39, 0.29) is 6.71 Å². The van der Waals surface area contributed by atoms with Crippen molar-refractivity contribution in [2.45, 2.75) is 12.3 Å². The molecule has 4 heteroatoms. The van der Waals surface area contributed by atoms with E-state index in [0.717, 1.165) is 17.5 Å². The maximum absolute atomic E-state index is 4.97. The lowest BCUT2D eigenvalue weighted by atomic mass is 9.36. The van der Waals surface area contributed by atoms with E-state index in [9.17, 15) is 0 Å². The van der Waals surface area contributed by atoms with Gasteiger partial charge in [-0.25, -0.2) is 0 Å². The zero-order chi connectivity index (χ0) is 28.5. The highest BCUT2D eigenvalue weighted by Crippen LogP contribution is 2.49. The Morgan fingerprint density at radius 1 is 0.727 bits per heavy atom. The van der Waals surface area contributed by atoms with E-state index >= 15 is 0 Å². The Hall–Kier alpha value is -5.48. The number of nitrogens with zero attached hydrogens (tertiary/aromatic N) is 3. The van der Waals surface area contributed by atoms with E-state index < -0.39 is 0 Å². The summed E-state index contributed by atoms with van der Waals surface area (Å²) in [5.41, 5.74) is 19.5. The highest BCUT2D eigenvalue weighted by molar-refractivity contribution is 7.03. The molecule has 0 saturated heterocycles. The maximum atomic E-state index is 4.97. The highest BCUT2D eigenvalue weighted by Gasteiger charge is 2.45. The molecule has 1 atom stereocenters. The van der Waals surface area contributed by atoms with E-state index in [1.807, 2.05) is 18.5 Å². The summed E-state index contributed by atoms with van der Waals surface area (Å²) in [6.45, 7) is 0.0806. The molecule has 1 unspecified atom stereocenters. The molecule has 0 saturated carbocycles. The van der Waals surface area contributed by atoms with Crippen molar-refractivity contribution in [3.8, 4) is 11.1 Å². The van der Waals surface area contributed by atoms with Gasteiger partial charge in [-0.2, -0.15) is 0 Å². The Balaban J connectivity index is 1.23. The molecule has 0 amide bonds. The third-order valence-corrected chi connectivity index (χ3v) is 10.4. The van der Waals surface area contributed by atoms with Gasteiger partial charge < -0.3 is 4.90 Å². The van der Waals surface area contributed by atoms with Gasteiger partial charge >= 0.3 is 0 Å². The normalized spacial score (nSPS) is 17.7. The lowest BCUT2D eigenvalue weighted by molar-refractivity contribution is 0.892. The van der Waals surface area contributed by atoms with Gasteiger partial charge in [-0.3, -0.25) is 9.97 Å². The molecule has 3 aliphatic carbocycles.